The third kappa shape index (κ3) is 7.97. The van der Waals surface area contributed by atoms with E-state index < -0.39 is 0 Å². The third-order valence-electron chi connectivity index (χ3n) is 12.5. The number of hydrogen-bond acceptors (Lipinski definition) is 6. The normalized spacial score (nSPS) is 11.2. The highest BCUT2D eigenvalue weighted by Gasteiger charge is 2.16. The molecule has 0 amide bonds. The molecule has 0 spiro atoms. The lowest BCUT2D eigenvalue weighted by Gasteiger charge is -2.13. The van der Waals surface area contributed by atoms with Crippen LogP contribution in [0.15, 0.2) is 243 Å². The Bertz CT molecular complexity index is 3480. The van der Waals surface area contributed by atoms with Gasteiger partial charge in [-0.2, -0.15) is 0 Å². The smallest absolute Gasteiger partial charge is 0.160 e. The zero-order chi connectivity index (χ0) is 45.2. The SMILES string of the molecule is c1ccc(-c2ccc(-c3cc(-c4cccc5ccccc45)nc(-c4ccc(-c5ccc(-c6nc(-c7ccc(-c8ccccn8)cc7)cc(-c7cccc8ccccc78)n6)cc5)cc4)n3)cc2)nc1. The maximum atomic E-state index is 5.22. The molecule has 0 saturated carbocycles. The van der Waals surface area contributed by atoms with E-state index in [4.69, 9.17) is 19.9 Å². The minimum absolute atomic E-state index is 0.659. The summed E-state index contributed by atoms with van der Waals surface area (Å²) in [5.41, 5.74) is 15.5. The first kappa shape index (κ1) is 40.3. The Morgan fingerprint density at radius 1 is 0.221 bits per heavy atom. The van der Waals surface area contributed by atoms with Crippen LogP contribution >= 0.6 is 0 Å². The Labute approximate surface area is 394 Å². The van der Waals surface area contributed by atoms with Crippen molar-refractivity contribution in [2.45, 2.75) is 0 Å². The summed E-state index contributed by atoms with van der Waals surface area (Å²) in [7, 11) is 0. The molecule has 0 bridgehead atoms. The molecule has 6 nitrogen and oxygen atoms in total. The molecule has 12 aromatic rings. The monoisotopic (exact) mass is 868 g/mol. The number of fused-ring (bicyclic) bond motifs is 2. The van der Waals surface area contributed by atoms with Gasteiger partial charge in [-0.3, -0.25) is 9.97 Å². The molecule has 0 unspecified atom stereocenters. The van der Waals surface area contributed by atoms with E-state index in [0.29, 0.717) is 11.6 Å². The molecule has 0 N–H and O–H groups in total. The molecule has 0 aliphatic heterocycles. The second-order valence-corrected chi connectivity index (χ2v) is 16.7. The van der Waals surface area contributed by atoms with Crippen molar-refractivity contribution >= 4 is 21.5 Å². The number of pyridine rings is 2. The highest BCUT2D eigenvalue weighted by molar-refractivity contribution is 5.97. The highest BCUT2D eigenvalue weighted by Crippen LogP contribution is 2.36. The van der Waals surface area contributed by atoms with Crippen LogP contribution in [0.2, 0.25) is 0 Å². The van der Waals surface area contributed by atoms with Gasteiger partial charge in [-0.25, -0.2) is 19.9 Å². The molecule has 0 radical (unpaired) electrons. The molecular weight excluding hydrogens is 829 g/mol. The van der Waals surface area contributed by atoms with Gasteiger partial charge in [-0.05, 0) is 69.1 Å². The van der Waals surface area contributed by atoms with Crippen molar-refractivity contribution in [2.24, 2.45) is 0 Å². The zero-order valence-corrected chi connectivity index (χ0v) is 36.8. The first-order valence-corrected chi connectivity index (χ1v) is 22.7. The van der Waals surface area contributed by atoms with Gasteiger partial charge in [-0.1, -0.05) is 194 Å². The quantitative estimate of drug-likeness (QED) is 0.144. The Morgan fingerprint density at radius 2 is 0.544 bits per heavy atom. The van der Waals surface area contributed by atoms with Crippen LogP contribution in [0.3, 0.4) is 0 Å². The van der Waals surface area contributed by atoms with E-state index in [9.17, 15) is 0 Å². The predicted octanol–water partition coefficient (Wildman–Crippen LogP) is 15.4. The molecule has 6 heteroatoms. The molecule has 4 heterocycles. The molecule has 0 aliphatic rings. The second kappa shape index (κ2) is 17.6. The molecular formula is C62H40N6. The Kier molecular flexibility index (Phi) is 10.4. The fraction of sp³-hybridized carbons (Fsp3) is 0. The zero-order valence-electron chi connectivity index (χ0n) is 36.8. The number of aromatic nitrogens is 6. The van der Waals surface area contributed by atoms with Gasteiger partial charge < -0.3 is 0 Å². The van der Waals surface area contributed by atoms with E-state index in [0.717, 1.165) is 111 Å². The van der Waals surface area contributed by atoms with E-state index in [1.807, 2.05) is 48.8 Å². The molecule has 0 fully saturated rings. The second-order valence-electron chi connectivity index (χ2n) is 16.7. The van der Waals surface area contributed by atoms with E-state index in [1.165, 1.54) is 0 Å². The molecule has 4 aromatic heterocycles. The topological polar surface area (TPSA) is 77.3 Å². The summed E-state index contributed by atoms with van der Waals surface area (Å²) in [5.74, 6) is 1.32. The fourth-order valence-electron chi connectivity index (χ4n) is 8.94. The van der Waals surface area contributed by atoms with Gasteiger partial charge in [-0.15, -0.1) is 0 Å². The average Bonchev–Trinajstić information content (AvgIpc) is 3.43. The predicted molar refractivity (Wildman–Crippen MR) is 277 cm³/mol. The number of nitrogens with zero attached hydrogens (tertiary/aromatic N) is 6. The van der Waals surface area contributed by atoms with Crippen molar-refractivity contribution in [3.05, 3.63) is 243 Å². The van der Waals surface area contributed by atoms with E-state index in [2.05, 4.69) is 204 Å². The van der Waals surface area contributed by atoms with Gasteiger partial charge in [0.05, 0.1) is 34.2 Å². The lowest BCUT2D eigenvalue weighted by molar-refractivity contribution is 1.18. The summed E-state index contributed by atoms with van der Waals surface area (Å²) >= 11 is 0. The van der Waals surface area contributed by atoms with Crippen LogP contribution in [0.4, 0.5) is 0 Å². The van der Waals surface area contributed by atoms with Crippen molar-refractivity contribution in [3.8, 4) is 101 Å². The molecule has 12 rings (SSSR count). The number of hydrogen-bond donors (Lipinski definition) is 0. The lowest BCUT2D eigenvalue weighted by Crippen LogP contribution is -1.97. The van der Waals surface area contributed by atoms with Crippen molar-refractivity contribution in [3.63, 3.8) is 0 Å². The molecule has 0 saturated heterocycles. The largest absolute Gasteiger partial charge is 0.256 e. The van der Waals surface area contributed by atoms with Crippen molar-refractivity contribution in [1.29, 1.82) is 0 Å². The Hall–Kier alpha value is -9.26. The van der Waals surface area contributed by atoms with Crippen LogP contribution in [-0.2, 0) is 0 Å². The third-order valence-corrected chi connectivity index (χ3v) is 12.5. The standard InChI is InChI=1S/C62H40N6/c1-3-15-51-43(11-1)13-9-17-53(51)59-39-57(47-29-25-45(26-30-47)55-19-5-7-37-63-55)65-61(67-59)49-33-21-41(22-34-49)42-23-35-50(36-24-42)62-66-58(48-31-27-46(28-32-48)56-20-6-8-38-64-56)40-60(68-62)54-18-10-14-44-12-2-4-16-52(44)54/h1-40H. The van der Waals surface area contributed by atoms with Crippen LogP contribution in [-0.4, -0.2) is 29.9 Å². The molecule has 318 valence electrons. The summed E-state index contributed by atoms with van der Waals surface area (Å²) in [6.07, 6.45) is 3.64. The summed E-state index contributed by atoms with van der Waals surface area (Å²) in [4.78, 5) is 29.9. The summed E-state index contributed by atoms with van der Waals surface area (Å²) in [5, 5.41) is 4.62. The minimum atomic E-state index is 0.659. The molecule has 8 aromatic carbocycles. The van der Waals surface area contributed by atoms with Crippen LogP contribution < -0.4 is 0 Å². The molecule has 0 atom stereocenters. The highest BCUT2D eigenvalue weighted by atomic mass is 14.9. The first-order valence-electron chi connectivity index (χ1n) is 22.7. The van der Waals surface area contributed by atoms with E-state index in [1.54, 1.807) is 0 Å². The van der Waals surface area contributed by atoms with Crippen LogP contribution in [0.1, 0.15) is 0 Å². The maximum absolute atomic E-state index is 5.22. The van der Waals surface area contributed by atoms with Gasteiger partial charge in [0.25, 0.3) is 0 Å². The lowest BCUT2D eigenvalue weighted by atomic mass is 9.99. The van der Waals surface area contributed by atoms with Crippen LogP contribution in [0.5, 0.6) is 0 Å². The van der Waals surface area contributed by atoms with Gasteiger partial charge in [0.2, 0.25) is 0 Å². The summed E-state index contributed by atoms with van der Waals surface area (Å²) < 4.78 is 0. The maximum Gasteiger partial charge on any atom is 0.160 e. The first-order chi connectivity index (χ1) is 33.7. The van der Waals surface area contributed by atoms with Crippen molar-refractivity contribution in [1.82, 2.24) is 29.9 Å². The number of rotatable bonds is 9. The van der Waals surface area contributed by atoms with Crippen LogP contribution in [0.25, 0.3) is 123 Å². The molecule has 0 aliphatic carbocycles. The van der Waals surface area contributed by atoms with Crippen molar-refractivity contribution in [2.75, 3.05) is 0 Å². The van der Waals surface area contributed by atoms with Gasteiger partial charge in [0.15, 0.2) is 11.6 Å². The van der Waals surface area contributed by atoms with E-state index in [-0.39, 0.29) is 0 Å². The fourth-order valence-corrected chi connectivity index (χ4v) is 8.94. The average molecular weight is 869 g/mol. The summed E-state index contributed by atoms with van der Waals surface area (Å²) in [6, 6.07) is 79.7. The minimum Gasteiger partial charge on any atom is -0.256 e. The van der Waals surface area contributed by atoms with Crippen molar-refractivity contribution < 1.29 is 0 Å². The van der Waals surface area contributed by atoms with Gasteiger partial charge >= 0.3 is 0 Å². The van der Waals surface area contributed by atoms with Gasteiger partial charge in [0, 0.05) is 56.9 Å². The van der Waals surface area contributed by atoms with Gasteiger partial charge in [0.1, 0.15) is 0 Å². The Morgan fingerprint density at radius 3 is 0.941 bits per heavy atom. The van der Waals surface area contributed by atoms with E-state index >= 15 is 0 Å². The number of benzene rings is 8. The molecule has 68 heavy (non-hydrogen) atoms. The summed E-state index contributed by atoms with van der Waals surface area (Å²) in [6.45, 7) is 0. The Balaban J connectivity index is 0.884. The van der Waals surface area contributed by atoms with Crippen LogP contribution in [0, 0.1) is 0 Å².